The van der Waals surface area contributed by atoms with E-state index in [1.807, 2.05) is 0 Å². The van der Waals surface area contributed by atoms with Crippen molar-refractivity contribution in [3.63, 3.8) is 0 Å². The lowest BCUT2D eigenvalue weighted by atomic mass is 9.97. The molecular weight excluding hydrogens is 236 g/mol. The molecule has 0 fully saturated rings. The molecule has 2 aromatic rings. The second-order valence-corrected chi connectivity index (χ2v) is 3.97. The van der Waals surface area contributed by atoms with E-state index in [1.165, 1.54) is 0 Å². The van der Waals surface area contributed by atoms with Crippen molar-refractivity contribution in [1.82, 2.24) is 0 Å². The largest absolute Gasteiger partial charge is 0.398 e. The summed E-state index contributed by atoms with van der Waals surface area (Å²) in [7, 11) is 0. The molecule has 0 bridgehead atoms. The van der Waals surface area contributed by atoms with Gasteiger partial charge in [0.25, 0.3) is 0 Å². The van der Waals surface area contributed by atoms with Crippen LogP contribution in [0.15, 0.2) is 36.4 Å². The molecule has 0 aliphatic rings. The van der Waals surface area contributed by atoms with Gasteiger partial charge < -0.3 is 5.73 Å². The predicted molar refractivity (Wildman–Crippen MR) is 65.4 cm³/mol. The van der Waals surface area contributed by atoms with Crippen molar-refractivity contribution in [2.45, 2.75) is 6.92 Å². The van der Waals surface area contributed by atoms with E-state index < -0.39 is 17.4 Å². The molecule has 0 spiro atoms. The van der Waals surface area contributed by atoms with Crippen LogP contribution >= 0.6 is 0 Å². The van der Waals surface area contributed by atoms with E-state index in [9.17, 15) is 13.6 Å². The Balaban J connectivity index is 2.55. The zero-order valence-electron chi connectivity index (χ0n) is 9.71. The van der Waals surface area contributed by atoms with Crippen LogP contribution in [0.3, 0.4) is 0 Å². The number of halogens is 2. The van der Waals surface area contributed by atoms with Gasteiger partial charge in [0.1, 0.15) is 11.6 Å². The molecule has 0 atom stereocenters. The first-order valence-electron chi connectivity index (χ1n) is 5.35. The average molecular weight is 247 g/mol. The third-order valence-electron chi connectivity index (χ3n) is 2.79. The summed E-state index contributed by atoms with van der Waals surface area (Å²) in [5.74, 6) is -1.97. The zero-order valence-corrected chi connectivity index (χ0v) is 9.71. The number of benzene rings is 2. The van der Waals surface area contributed by atoms with Gasteiger partial charge in [0.15, 0.2) is 5.78 Å². The first-order valence-corrected chi connectivity index (χ1v) is 5.35. The summed E-state index contributed by atoms with van der Waals surface area (Å²) in [4.78, 5) is 12.1. The standard InChI is InChI=1S/C14H11F2NO/c1-8-10(3-2-4-13(8)17)14(18)11-7-9(15)5-6-12(11)16/h2-7H,17H2,1H3. The van der Waals surface area contributed by atoms with Crippen LogP contribution in [0.25, 0.3) is 0 Å². The normalized spacial score (nSPS) is 10.4. The van der Waals surface area contributed by atoms with Crippen LogP contribution < -0.4 is 5.73 Å². The maximum absolute atomic E-state index is 13.5. The smallest absolute Gasteiger partial charge is 0.196 e. The third kappa shape index (κ3) is 2.09. The van der Waals surface area contributed by atoms with E-state index in [0.717, 1.165) is 18.2 Å². The van der Waals surface area contributed by atoms with Gasteiger partial charge in [-0.1, -0.05) is 12.1 Å². The summed E-state index contributed by atoms with van der Waals surface area (Å²) in [6.45, 7) is 1.67. The fourth-order valence-electron chi connectivity index (χ4n) is 1.72. The van der Waals surface area contributed by atoms with Crippen molar-refractivity contribution in [3.8, 4) is 0 Å². The number of nitrogen functional groups attached to an aromatic ring is 1. The van der Waals surface area contributed by atoms with Crippen molar-refractivity contribution >= 4 is 11.5 Å². The third-order valence-corrected chi connectivity index (χ3v) is 2.79. The summed E-state index contributed by atoms with van der Waals surface area (Å²) >= 11 is 0. The van der Waals surface area contributed by atoms with E-state index in [-0.39, 0.29) is 11.1 Å². The van der Waals surface area contributed by atoms with Crippen LogP contribution in [0, 0.1) is 18.6 Å². The highest BCUT2D eigenvalue weighted by atomic mass is 19.1. The van der Waals surface area contributed by atoms with Crippen molar-refractivity contribution < 1.29 is 13.6 Å². The maximum atomic E-state index is 13.5. The van der Waals surface area contributed by atoms with Crippen molar-refractivity contribution in [1.29, 1.82) is 0 Å². The lowest BCUT2D eigenvalue weighted by molar-refractivity contribution is 0.103. The Labute approximate surface area is 103 Å². The highest BCUT2D eigenvalue weighted by molar-refractivity contribution is 6.10. The molecule has 0 saturated carbocycles. The second kappa shape index (κ2) is 4.56. The van der Waals surface area contributed by atoms with Gasteiger partial charge in [0.05, 0.1) is 5.56 Å². The van der Waals surface area contributed by atoms with Gasteiger partial charge in [-0.2, -0.15) is 0 Å². The molecule has 2 rings (SSSR count). The lowest BCUT2D eigenvalue weighted by Gasteiger charge is -2.08. The van der Waals surface area contributed by atoms with E-state index in [1.54, 1.807) is 25.1 Å². The number of rotatable bonds is 2. The van der Waals surface area contributed by atoms with Crippen molar-refractivity contribution in [2.24, 2.45) is 0 Å². The molecule has 0 aromatic heterocycles. The molecule has 2 aromatic carbocycles. The maximum Gasteiger partial charge on any atom is 0.196 e. The SMILES string of the molecule is Cc1c(N)cccc1C(=O)c1cc(F)ccc1F. The van der Waals surface area contributed by atoms with Gasteiger partial charge in [-0.25, -0.2) is 8.78 Å². The number of ketones is 1. The monoisotopic (exact) mass is 247 g/mol. The Kier molecular flexibility index (Phi) is 3.10. The van der Waals surface area contributed by atoms with E-state index in [4.69, 9.17) is 5.73 Å². The summed E-state index contributed by atoms with van der Waals surface area (Å²) < 4.78 is 26.6. The fourth-order valence-corrected chi connectivity index (χ4v) is 1.72. The highest BCUT2D eigenvalue weighted by Crippen LogP contribution is 2.21. The molecule has 18 heavy (non-hydrogen) atoms. The van der Waals surface area contributed by atoms with Crippen LogP contribution in [-0.2, 0) is 0 Å². The molecule has 2 nitrogen and oxygen atoms in total. The average Bonchev–Trinajstić information content (AvgIpc) is 2.35. The second-order valence-electron chi connectivity index (χ2n) is 3.97. The summed E-state index contributed by atoms with van der Waals surface area (Å²) in [6.07, 6.45) is 0. The molecule has 0 amide bonds. The Hall–Kier alpha value is -2.23. The minimum atomic E-state index is -0.747. The van der Waals surface area contributed by atoms with Crippen LogP contribution in [0.4, 0.5) is 14.5 Å². The molecular formula is C14H11F2NO. The molecule has 2 N–H and O–H groups in total. The lowest BCUT2D eigenvalue weighted by Crippen LogP contribution is -2.08. The number of nitrogens with two attached hydrogens (primary N) is 1. The van der Waals surface area contributed by atoms with Crippen LogP contribution in [-0.4, -0.2) is 5.78 Å². The minimum absolute atomic E-state index is 0.277. The quantitative estimate of drug-likeness (QED) is 0.654. The van der Waals surface area contributed by atoms with Gasteiger partial charge in [0.2, 0.25) is 0 Å². The molecule has 92 valence electrons. The van der Waals surface area contributed by atoms with Gasteiger partial charge in [-0.3, -0.25) is 4.79 Å². The molecule has 4 heteroatoms. The highest BCUT2D eigenvalue weighted by Gasteiger charge is 2.17. The van der Waals surface area contributed by atoms with E-state index >= 15 is 0 Å². The first-order chi connectivity index (χ1) is 8.50. The molecule has 0 radical (unpaired) electrons. The summed E-state index contributed by atoms with van der Waals surface area (Å²) in [6, 6.07) is 7.59. The van der Waals surface area contributed by atoms with Gasteiger partial charge in [-0.15, -0.1) is 0 Å². The van der Waals surface area contributed by atoms with Crippen LogP contribution in [0.1, 0.15) is 21.5 Å². The Morgan fingerprint density at radius 1 is 1.11 bits per heavy atom. The molecule has 0 saturated heterocycles. The Morgan fingerprint density at radius 3 is 2.56 bits per heavy atom. The first kappa shape index (κ1) is 12.2. The Morgan fingerprint density at radius 2 is 1.83 bits per heavy atom. The predicted octanol–water partition coefficient (Wildman–Crippen LogP) is 3.09. The van der Waals surface area contributed by atoms with E-state index in [0.29, 0.717) is 11.3 Å². The fraction of sp³-hybridized carbons (Fsp3) is 0.0714. The summed E-state index contributed by atoms with van der Waals surface area (Å²) in [5, 5.41) is 0. The van der Waals surface area contributed by atoms with Crippen molar-refractivity contribution in [2.75, 3.05) is 5.73 Å². The van der Waals surface area contributed by atoms with Crippen LogP contribution in [0.2, 0.25) is 0 Å². The Bertz CT molecular complexity index is 619. The van der Waals surface area contributed by atoms with Gasteiger partial charge in [0, 0.05) is 11.3 Å². The number of carbonyl (C=O) groups is 1. The number of anilines is 1. The molecule has 0 aliphatic heterocycles. The van der Waals surface area contributed by atoms with Gasteiger partial charge >= 0.3 is 0 Å². The number of hydrogen-bond donors (Lipinski definition) is 1. The number of hydrogen-bond acceptors (Lipinski definition) is 2. The molecule has 0 unspecified atom stereocenters. The number of carbonyl (C=O) groups excluding carboxylic acids is 1. The zero-order chi connectivity index (χ0) is 13.3. The minimum Gasteiger partial charge on any atom is -0.398 e. The van der Waals surface area contributed by atoms with Crippen molar-refractivity contribution in [3.05, 3.63) is 64.7 Å². The topological polar surface area (TPSA) is 43.1 Å². The molecule has 0 aliphatic carbocycles. The van der Waals surface area contributed by atoms with E-state index in [2.05, 4.69) is 0 Å². The summed E-state index contributed by atoms with van der Waals surface area (Å²) in [5.41, 5.74) is 6.68. The molecule has 0 heterocycles. The van der Waals surface area contributed by atoms with Crippen LogP contribution in [0.5, 0.6) is 0 Å². The van der Waals surface area contributed by atoms with Gasteiger partial charge in [-0.05, 0) is 36.8 Å².